The fraction of sp³-hybridized carbons (Fsp3) is 0.667. The lowest BCUT2D eigenvalue weighted by Crippen LogP contribution is -2.24. The van der Waals surface area contributed by atoms with Crippen molar-refractivity contribution in [2.24, 2.45) is 11.8 Å². The van der Waals surface area contributed by atoms with Crippen LogP contribution >= 0.6 is 0 Å². The Kier molecular flexibility index (Phi) is 3.49. The van der Waals surface area contributed by atoms with Crippen molar-refractivity contribution in [1.29, 1.82) is 0 Å². The molecule has 1 aromatic rings. The lowest BCUT2D eigenvalue weighted by atomic mass is 10.1. The van der Waals surface area contributed by atoms with Crippen LogP contribution in [0.2, 0.25) is 0 Å². The predicted molar refractivity (Wildman–Crippen MR) is 77.3 cm³/mol. The molecular formula is C15H23N3O. The lowest BCUT2D eigenvalue weighted by molar-refractivity contribution is 0.307. The summed E-state index contributed by atoms with van der Waals surface area (Å²) in [7, 11) is 0. The molecule has 104 valence electrons. The molecular weight excluding hydrogens is 238 g/mol. The quantitative estimate of drug-likeness (QED) is 0.792. The van der Waals surface area contributed by atoms with Gasteiger partial charge in [0.2, 0.25) is 5.88 Å². The van der Waals surface area contributed by atoms with Gasteiger partial charge in [-0.25, -0.2) is 0 Å². The van der Waals surface area contributed by atoms with Crippen LogP contribution in [-0.4, -0.2) is 17.6 Å². The summed E-state index contributed by atoms with van der Waals surface area (Å²) in [5.41, 5.74) is 6.51. The highest BCUT2D eigenvalue weighted by atomic mass is 16.5. The van der Waals surface area contributed by atoms with Gasteiger partial charge < -0.3 is 15.8 Å². The number of nitrogens with zero attached hydrogens (tertiary/aromatic N) is 1. The monoisotopic (exact) mass is 261 g/mol. The molecule has 1 aromatic heterocycles. The Morgan fingerprint density at radius 3 is 2.58 bits per heavy atom. The van der Waals surface area contributed by atoms with Crippen LogP contribution in [0.25, 0.3) is 0 Å². The molecule has 0 amide bonds. The maximum absolute atomic E-state index is 5.89. The Labute approximate surface area is 114 Å². The fourth-order valence-electron chi connectivity index (χ4n) is 2.55. The molecule has 0 atom stereocenters. The molecule has 3 N–H and O–H groups in total. The first-order valence-corrected chi connectivity index (χ1v) is 7.43. The number of ether oxygens (including phenoxy) is 1. The summed E-state index contributed by atoms with van der Waals surface area (Å²) in [5.74, 6) is 3.18. The molecule has 4 nitrogen and oxygen atoms in total. The van der Waals surface area contributed by atoms with E-state index in [4.69, 9.17) is 10.5 Å². The Balaban J connectivity index is 1.69. The fourth-order valence-corrected chi connectivity index (χ4v) is 2.55. The smallest absolute Gasteiger partial charge is 0.239 e. The Morgan fingerprint density at radius 2 is 2.00 bits per heavy atom. The topological polar surface area (TPSA) is 60.2 Å². The Hall–Kier alpha value is -1.45. The highest BCUT2D eigenvalue weighted by molar-refractivity contribution is 5.54. The summed E-state index contributed by atoms with van der Waals surface area (Å²) < 4.78 is 5.58. The maximum Gasteiger partial charge on any atom is 0.239 e. The average Bonchev–Trinajstić information content (AvgIpc) is 3.29. The number of hydrogen-bond acceptors (Lipinski definition) is 4. The van der Waals surface area contributed by atoms with Crippen molar-refractivity contribution in [3.8, 4) is 5.88 Å². The van der Waals surface area contributed by atoms with Gasteiger partial charge in [-0.3, -0.25) is 0 Å². The summed E-state index contributed by atoms with van der Waals surface area (Å²) in [6.45, 7) is 2.74. The van der Waals surface area contributed by atoms with Crippen LogP contribution in [0.15, 0.2) is 12.1 Å². The SMILES string of the molecule is CCCOc1nc(NC(C2CC2)C2CC2)ccc1N. The van der Waals surface area contributed by atoms with Gasteiger partial charge in [0.05, 0.1) is 12.3 Å². The molecule has 2 fully saturated rings. The highest BCUT2D eigenvalue weighted by Gasteiger charge is 2.41. The molecule has 0 saturated heterocycles. The van der Waals surface area contributed by atoms with Crippen molar-refractivity contribution in [2.45, 2.75) is 45.1 Å². The van der Waals surface area contributed by atoms with E-state index < -0.39 is 0 Å². The zero-order valence-corrected chi connectivity index (χ0v) is 11.6. The number of nitrogens with one attached hydrogen (secondary N) is 1. The molecule has 0 spiro atoms. The molecule has 2 aliphatic carbocycles. The average molecular weight is 261 g/mol. The van der Waals surface area contributed by atoms with Crippen LogP contribution in [0.1, 0.15) is 39.0 Å². The van der Waals surface area contributed by atoms with Crippen LogP contribution in [0.5, 0.6) is 5.88 Å². The van der Waals surface area contributed by atoms with E-state index in [1.807, 2.05) is 12.1 Å². The third-order valence-corrected chi connectivity index (χ3v) is 3.91. The van der Waals surface area contributed by atoms with Crippen molar-refractivity contribution in [2.75, 3.05) is 17.7 Å². The standard InChI is InChI=1S/C15H23N3O/c1-2-9-19-15-12(16)7-8-13(18-15)17-14(10-3-4-10)11-5-6-11/h7-8,10-11,14H,2-6,9,16H2,1H3,(H,17,18). The van der Waals surface area contributed by atoms with Crippen molar-refractivity contribution in [3.05, 3.63) is 12.1 Å². The molecule has 0 radical (unpaired) electrons. The van der Waals surface area contributed by atoms with E-state index in [0.29, 0.717) is 24.2 Å². The third kappa shape index (κ3) is 3.11. The first-order chi connectivity index (χ1) is 9.28. The predicted octanol–water partition coefficient (Wildman–Crippen LogP) is 3.05. The van der Waals surface area contributed by atoms with Gasteiger partial charge in [0, 0.05) is 6.04 Å². The van der Waals surface area contributed by atoms with E-state index in [1.54, 1.807) is 0 Å². The van der Waals surface area contributed by atoms with Crippen LogP contribution in [-0.2, 0) is 0 Å². The van der Waals surface area contributed by atoms with Gasteiger partial charge in [0.15, 0.2) is 0 Å². The number of aromatic nitrogens is 1. The van der Waals surface area contributed by atoms with Gasteiger partial charge in [-0.1, -0.05) is 6.92 Å². The lowest BCUT2D eigenvalue weighted by Gasteiger charge is -2.19. The van der Waals surface area contributed by atoms with Crippen LogP contribution < -0.4 is 15.8 Å². The van der Waals surface area contributed by atoms with Crippen molar-refractivity contribution in [3.63, 3.8) is 0 Å². The van der Waals surface area contributed by atoms with E-state index >= 15 is 0 Å². The number of pyridine rings is 1. The molecule has 0 aromatic carbocycles. The van der Waals surface area contributed by atoms with Gasteiger partial charge in [0.1, 0.15) is 5.82 Å². The minimum atomic E-state index is 0.567. The highest BCUT2D eigenvalue weighted by Crippen LogP contribution is 2.45. The largest absolute Gasteiger partial charge is 0.476 e. The zero-order valence-electron chi connectivity index (χ0n) is 11.6. The summed E-state index contributed by atoms with van der Waals surface area (Å²) in [4.78, 5) is 4.51. The zero-order chi connectivity index (χ0) is 13.2. The third-order valence-electron chi connectivity index (χ3n) is 3.91. The Bertz CT molecular complexity index is 429. The summed E-state index contributed by atoms with van der Waals surface area (Å²) in [5, 5.41) is 3.60. The molecule has 3 rings (SSSR count). The maximum atomic E-state index is 5.89. The first kappa shape index (κ1) is 12.6. The van der Waals surface area contributed by atoms with Crippen molar-refractivity contribution < 1.29 is 4.74 Å². The van der Waals surface area contributed by atoms with Crippen LogP contribution in [0.4, 0.5) is 11.5 Å². The van der Waals surface area contributed by atoms with E-state index in [2.05, 4.69) is 17.2 Å². The molecule has 1 heterocycles. The molecule has 2 saturated carbocycles. The van der Waals surface area contributed by atoms with Gasteiger partial charge in [-0.15, -0.1) is 0 Å². The summed E-state index contributed by atoms with van der Waals surface area (Å²) >= 11 is 0. The molecule has 2 aliphatic rings. The molecule has 0 bridgehead atoms. The van der Waals surface area contributed by atoms with Crippen LogP contribution in [0.3, 0.4) is 0 Å². The molecule has 0 aliphatic heterocycles. The molecule has 19 heavy (non-hydrogen) atoms. The number of rotatable bonds is 7. The van der Waals surface area contributed by atoms with Crippen LogP contribution in [0, 0.1) is 11.8 Å². The Morgan fingerprint density at radius 1 is 1.32 bits per heavy atom. The second-order valence-electron chi connectivity index (χ2n) is 5.78. The second kappa shape index (κ2) is 5.27. The number of nitrogen functional groups attached to an aromatic ring is 1. The van der Waals surface area contributed by atoms with E-state index in [0.717, 1.165) is 24.1 Å². The summed E-state index contributed by atoms with van der Waals surface area (Å²) in [6, 6.07) is 4.46. The molecule has 0 unspecified atom stereocenters. The van der Waals surface area contributed by atoms with Crippen molar-refractivity contribution in [1.82, 2.24) is 4.98 Å². The summed E-state index contributed by atoms with van der Waals surface area (Å²) in [6.07, 6.45) is 6.42. The number of anilines is 2. The second-order valence-corrected chi connectivity index (χ2v) is 5.78. The number of hydrogen-bond donors (Lipinski definition) is 2. The number of nitrogens with two attached hydrogens (primary N) is 1. The van der Waals surface area contributed by atoms with Gasteiger partial charge >= 0.3 is 0 Å². The van der Waals surface area contributed by atoms with Gasteiger partial charge in [-0.2, -0.15) is 4.98 Å². The van der Waals surface area contributed by atoms with Gasteiger partial charge in [0.25, 0.3) is 0 Å². The van der Waals surface area contributed by atoms with Crippen molar-refractivity contribution >= 4 is 11.5 Å². The molecule has 4 heteroatoms. The normalized spacial score (nSPS) is 18.6. The van der Waals surface area contributed by atoms with E-state index in [9.17, 15) is 0 Å². The minimum Gasteiger partial charge on any atom is -0.476 e. The van der Waals surface area contributed by atoms with Gasteiger partial charge in [-0.05, 0) is 56.1 Å². The minimum absolute atomic E-state index is 0.567. The van der Waals surface area contributed by atoms with E-state index in [1.165, 1.54) is 25.7 Å². The van der Waals surface area contributed by atoms with E-state index in [-0.39, 0.29) is 0 Å². The first-order valence-electron chi connectivity index (χ1n) is 7.43.